The van der Waals surface area contributed by atoms with Gasteiger partial charge in [0.15, 0.2) is 0 Å². The highest BCUT2D eigenvalue weighted by atomic mass is 16.5. The lowest BCUT2D eigenvalue weighted by Crippen LogP contribution is -2.29. The summed E-state index contributed by atoms with van der Waals surface area (Å²) in [5, 5.41) is 12.2. The predicted molar refractivity (Wildman–Crippen MR) is 100 cm³/mol. The second-order valence-electron chi connectivity index (χ2n) is 6.31. The van der Waals surface area contributed by atoms with Gasteiger partial charge in [-0.2, -0.15) is 5.26 Å². The van der Waals surface area contributed by atoms with E-state index in [0.717, 1.165) is 25.1 Å². The smallest absolute Gasteiger partial charge is 0.262 e. The minimum Gasteiger partial charge on any atom is -0.385 e. The Hall–Kier alpha value is -2.32. The van der Waals surface area contributed by atoms with Crippen LogP contribution in [-0.4, -0.2) is 39.3 Å². The van der Waals surface area contributed by atoms with Crippen LogP contribution in [0, 0.1) is 11.3 Å². The molecule has 25 heavy (non-hydrogen) atoms. The second kappa shape index (κ2) is 9.85. The number of methoxy groups -OCH3 is 1. The van der Waals surface area contributed by atoms with Crippen LogP contribution in [0.5, 0.6) is 0 Å². The van der Waals surface area contributed by atoms with Gasteiger partial charge in [0.1, 0.15) is 11.6 Å². The Kier molecular flexibility index (Phi) is 7.49. The average molecular weight is 341 g/mol. The molecular weight excluding hydrogens is 314 g/mol. The molecule has 1 amide bonds. The molecule has 1 aromatic carbocycles. The van der Waals surface area contributed by atoms with Gasteiger partial charge in [0.05, 0.1) is 0 Å². The van der Waals surface area contributed by atoms with Crippen molar-refractivity contribution in [2.75, 3.05) is 38.3 Å². The number of rotatable bonds is 7. The summed E-state index contributed by atoms with van der Waals surface area (Å²) in [6, 6.07) is 10.2. The van der Waals surface area contributed by atoms with E-state index in [-0.39, 0.29) is 11.5 Å². The second-order valence-corrected chi connectivity index (χ2v) is 6.31. The van der Waals surface area contributed by atoms with E-state index in [2.05, 4.69) is 22.3 Å². The van der Waals surface area contributed by atoms with Crippen LogP contribution in [-0.2, 0) is 9.53 Å². The largest absolute Gasteiger partial charge is 0.385 e. The third kappa shape index (κ3) is 5.33. The number of benzene rings is 1. The third-order valence-corrected chi connectivity index (χ3v) is 4.55. The molecule has 5 heteroatoms. The Bertz CT molecular complexity index is 638. The van der Waals surface area contributed by atoms with Crippen molar-refractivity contribution in [3.63, 3.8) is 0 Å². The molecule has 1 heterocycles. The highest BCUT2D eigenvalue weighted by Crippen LogP contribution is 2.24. The van der Waals surface area contributed by atoms with Gasteiger partial charge in [-0.15, -0.1) is 0 Å². The maximum Gasteiger partial charge on any atom is 0.262 e. The van der Waals surface area contributed by atoms with E-state index in [1.165, 1.54) is 24.9 Å². The molecule has 1 aliphatic heterocycles. The summed E-state index contributed by atoms with van der Waals surface area (Å²) in [4.78, 5) is 14.6. The molecule has 0 aromatic heterocycles. The van der Waals surface area contributed by atoms with Crippen molar-refractivity contribution in [2.45, 2.75) is 32.6 Å². The van der Waals surface area contributed by atoms with Crippen molar-refractivity contribution in [1.29, 1.82) is 5.26 Å². The van der Waals surface area contributed by atoms with Crippen LogP contribution in [0.25, 0.3) is 5.57 Å². The zero-order valence-corrected chi connectivity index (χ0v) is 15.2. The van der Waals surface area contributed by atoms with Gasteiger partial charge < -0.3 is 15.0 Å². The first-order chi connectivity index (χ1) is 12.2. The van der Waals surface area contributed by atoms with Gasteiger partial charge in [-0.05, 0) is 55.9 Å². The van der Waals surface area contributed by atoms with Gasteiger partial charge in [-0.3, -0.25) is 4.79 Å². The van der Waals surface area contributed by atoms with Crippen molar-refractivity contribution in [1.82, 2.24) is 5.32 Å². The zero-order valence-electron chi connectivity index (χ0n) is 15.2. The summed E-state index contributed by atoms with van der Waals surface area (Å²) in [5.74, 6) is -0.323. The van der Waals surface area contributed by atoms with Crippen molar-refractivity contribution in [2.24, 2.45) is 0 Å². The van der Waals surface area contributed by atoms with Crippen LogP contribution < -0.4 is 10.2 Å². The molecule has 1 N–H and O–H groups in total. The van der Waals surface area contributed by atoms with Crippen LogP contribution in [0.1, 0.15) is 38.2 Å². The van der Waals surface area contributed by atoms with Gasteiger partial charge in [0.25, 0.3) is 5.91 Å². The molecule has 134 valence electrons. The topological polar surface area (TPSA) is 65.4 Å². The average Bonchev–Trinajstić information content (AvgIpc) is 2.66. The number of nitrogens with one attached hydrogen (secondary N) is 1. The van der Waals surface area contributed by atoms with E-state index in [9.17, 15) is 10.1 Å². The van der Waals surface area contributed by atoms with Crippen LogP contribution in [0.3, 0.4) is 0 Å². The molecule has 1 fully saturated rings. The Labute approximate surface area is 150 Å². The number of hydrogen-bond acceptors (Lipinski definition) is 4. The summed E-state index contributed by atoms with van der Waals surface area (Å²) in [6.07, 6.45) is 4.51. The summed E-state index contributed by atoms with van der Waals surface area (Å²) < 4.78 is 4.96. The fraction of sp³-hybridized carbons (Fsp3) is 0.500. The van der Waals surface area contributed by atoms with E-state index in [1.54, 1.807) is 7.11 Å². The van der Waals surface area contributed by atoms with Crippen molar-refractivity contribution in [3.05, 3.63) is 35.4 Å². The van der Waals surface area contributed by atoms with Crippen LogP contribution in [0.2, 0.25) is 0 Å². The van der Waals surface area contributed by atoms with Crippen molar-refractivity contribution >= 4 is 17.2 Å². The van der Waals surface area contributed by atoms with E-state index in [1.807, 2.05) is 25.1 Å². The third-order valence-electron chi connectivity index (χ3n) is 4.55. The fourth-order valence-corrected chi connectivity index (χ4v) is 3.03. The number of ether oxygens (including phenoxy) is 1. The van der Waals surface area contributed by atoms with E-state index in [4.69, 9.17) is 4.74 Å². The Balaban J connectivity index is 2.07. The van der Waals surface area contributed by atoms with Gasteiger partial charge >= 0.3 is 0 Å². The molecule has 2 rings (SSSR count). The van der Waals surface area contributed by atoms with Gasteiger partial charge in [0, 0.05) is 39.0 Å². The lowest BCUT2D eigenvalue weighted by molar-refractivity contribution is -0.117. The fourth-order valence-electron chi connectivity index (χ4n) is 3.03. The standard InChI is InChI=1S/C20H27N3O2/c1-16(19(15-21)20(24)22-11-6-14-25-2)17-7-9-18(10-8-17)23-12-4-3-5-13-23/h7-10H,3-6,11-14H2,1-2H3,(H,22,24)/b19-16+. The summed E-state index contributed by atoms with van der Waals surface area (Å²) in [6.45, 7) is 5.11. The Morgan fingerprint density at radius 1 is 1.24 bits per heavy atom. The summed E-state index contributed by atoms with van der Waals surface area (Å²) in [5.41, 5.74) is 2.99. The minimum absolute atomic E-state index is 0.170. The molecule has 1 aliphatic rings. The minimum atomic E-state index is -0.323. The van der Waals surface area contributed by atoms with E-state index >= 15 is 0 Å². The number of allylic oxidation sites excluding steroid dienone is 1. The van der Waals surface area contributed by atoms with Crippen LogP contribution in [0.4, 0.5) is 5.69 Å². The zero-order chi connectivity index (χ0) is 18.1. The number of piperidine rings is 1. The number of nitriles is 1. The summed E-state index contributed by atoms with van der Waals surface area (Å²) >= 11 is 0. The van der Waals surface area contributed by atoms with Crippen molar-refractivity contribution < 1.29 is 9.53 Å². The van der Waals surface area contributed by atoms with Crippen LogP contribution in [0.15, 0.2) is 29.8 Å². The molecule has 5 nitrogen and oxygen atoms in total. The maximum atomic E-state index is 12.2. The lowest BCUT2D eigenvalue weighted by Gasteiger charge is -2.28. The Morgan fingerprint density at radius 2 is 1.92 bits per heavy atom. The molecule has 0 atom stereocenters. The predicted octanol–water partition coefficient (Wildman–Crippen LogP) is 3.13. The first-order valence-corrected chi connectivity index (χ1v) is 8.91. The molecule has 0 bridgehead atoms. The van der Waals surface area contributed by atoms with E-state index < -0.39 is 0 Å². The van der Waals surface area contributed by atoms with Crippen molar-refractivity contribution in [3.8, 4) is 6.07 Å². The first-order valence-electron chi connectivity index (χ1n) is 8.91. The van der Waals surface area contributed by atoms with Gasteiger partial charge in [0.2, 0.25) is 0 Å². The molecule has 1 saturated heterocycles. The normalized spacial score (nSPS) is 15.3. The monoisotopic (exact) mass is 341 g/mol. The molecule has 0 radical (unpaired) electrons. The number of nitrogens with zero attached hydrogens (tertiary/aromatic N) is 2. The number of carbonyl (C=O) groups excluding carboxylic acids is 1. The maximum absolute atomic E-state index is 12.2. The molecular formula is C20H27N3O2. The lowest BCUT2D eigenvalue weighted by atomic mass is 10.0. The summed E-state index contributed by atoms with van der Waals surface area (Å²) in [7, 11) is 1.63. The number of anilines is 1. The SMILES string of the molecule is COCCCNC(=O)/C(C#N)=C(\C)c1ccc(N2CCCCC2)cc1. The quantitative estimate of drug-likeness (QED) is 0.470. The van der Waals surface area contributed by atoms with E-state index in [0.29, 0.717) is 18.7 Å². The molecule has 0 saturated carbocycles. The highest BCUT2D eigenvalue weighted by molar-refractivity contribution is 6.04. The van der Waals surface area contributed by atoms with Gasteiger partial charge in [-0.25, -0.2) is 0 Å². The van der Waals surface area contributed by atoms with Gasteiger partial charge in [-0.1, -0.05) is 12.1 Å². The number of amides is 1. The Morgan fingerprint density at radius 3 is 2.52 bits per heavy atom. The molecule has 1 aromatic rings. The molecule has 0 spiro atoms. The molecule has 0 unspecified atom stereocenters. The van der Waals surface area contributed by atoms with Crippen LogP contribution >= 0.6 is 0 Å². The number of hydrogen-bond donors (Lipinski definition) is 1. The number of carbonyl (C=O) groups is 1. The molecule has 0 aliphatic carbocycles. The first kappa shape index (κ1) is 19.0. The highest BCUT2D eigenvalue weighted by Gasteiger charge is 2.15.